The molecule has 0 bridgehead atoms. The maximum atomic E-state index is 12.1. The lowest BCUT2D eigenvalue weighted by molar-refractivity contribution is -0.117. The second kappa shape index (κ2) is 5.77. The molecule has 1 saturated carbocycles. The van der Waals surface area contributed by atoms with E-state index in [4.69, 9.17) is 0 Å². The Morgan fingerprint density at radius 3 is 2.72 bits per heavy atom. The molecular formula is C18H17N5O2. The Hall–Kier alpha value is -3.09. The van der Waals surface area contributed by atoms with Crippen LogP contribution < -0.4 is 5.32 Å². The van der Waals surface area contributed by atoms with Crippen molar-refractivity contribution in [3.8, 4) is 11.4 Å². The average Bonchev–Trinajstić information content (AvgIpc) is 3.36. The molecule has 0 radical (unpaired) electrons. The van der Waals surface area contributed by atoms with Gasteiger partial charge in [0, 0.05) is 23.1 Å². The Balaban J connectivity index is 1.84. The first-order chi connectivity index (χ1) is 12.0. The van der Waals surface area contributed by atoms with Crippen molar-refractivity contribution in [2.45, 2.75) is 26.7 Å². The first-order valence-corrected chi connectivity index (χ1v) is 8.18. The number of hydrogen-bond donors (Lipinski definition) is 1. The molecule has 1 fully saturated rings. The van der Waals surface area contributed by atoms with Crippen molar-refractivity contribution < 1.29 is 9.59 Å². The summed E-state index contributed by atoms with van der Waals surface area (Å²) in [5.74, 6) is 1.63. The fraction of sp³-hybridized carbons (Fsp3) is 0.278. The number of aryl methyl sites for hydroxylation is 1. The number of aromatic nitrogens is 4. The number of benzene rings is 1. The maximum absolute atomic E-state index is 12.1. The van der Waals surface area contributed by atoms with Crippen LogP contribution in [0.5, 0.6) is 0 Å². The van der Waals surface area contributed by atoms with E-state index in [9.17, 15) is 9.59 Å². The summed E-state index contributed by atoms with van der Waals surface area (Å²) >= 11 is 0. The highest BCUT2D eigenvalue weighted by atomic mass is 16.2. The number of fused-ring (bicyclic) bond motifs is 1. The topological polar surface area (TPSA) is 89.2 Å². The molecule has 1 amide bonds. The third kappa shape index (κ3) is 3.00. The molecule has 4 rings (SSSR count). The largest absolute Gasteiger partial charge is 0.310 e. The van der Waals surface area contributed by atoms with Crippen molar-refractivity contribution >= 4 is 23.2 Å². The van der Waals surface area contributed by atoms with Gasteiger partial charge in [0.25, 0.3) is 0 Å². The molecule has 0 unspecified atom stereocenters. The van der Waals surface area contributed by atoms with Gasteiger partial charge in [0.05, 0.1) is 0 Å². The number of hydrogen-bond acceptors (Lipinski definition) is 5. The molecule has 0 aliphatic heterocycles. The van der Waals surface area contributed by atoms with Gasteiger partial charge in [-0.3, -0.25) is 9.59 Å². The van der Waals surface area contributed by atoms with Crippen LogP contribution in [0.1, 0.15) is 35.9 Å². The zero-order valence-electron chi connectivity index (χ0n) is 14.0. The van der Waals surface area contributed by atoms with E-state index in [0.717, 1.165) is 18.4 Å². The van der Waals surface area contributed by atoms with E-state index in [2.05, 4.69) is 20.4 Å². The summed E-state index contributed by atoms with van der Waals surface area (Å²) in [6.07, 6.45) is 1.84. The molecule has 7 nitrogen and oxygen atoms in total. The van der Waals surface area contributed by atoms with Gasteiger partial charge in [0.2, 0.25) is 5.91 Å². The van der Waals surface area contributed by atoms with Gasteiger partial charge in [-0.1, -0.05) is 18.2 Å². The number of ketones is 1. The van der Waals surface area contributed by atoms with Crippen LogP contribution in [0.2, 0.25) is 0 Å². The van der Waals surface area contributed by atoms with Gasteiger partial charge < -0.3 is 5.32 Å². The van der Waals surface area contributed by atoms with E-state index in [1.807, 2.05) is 6.07 Å². The van der Waals surface area contributed by atoms with Gasteiger partial charge in [-0.15, -0.1) is 5.10 Å². The Labute approximate surface area is 144 Å². The molecule has 1 aromatic carbocycles. The lowest BCUT2D eigenvalue weighted by Crippen LogP contribution is -2.15. The second-order valence-corrected chi connectivity index (χ2v) is 6.29. The lowest BCUT2D eigenvalue weighted by atomic mass is 10.1. The molecule has 126 valence electrons. The lowest BCUT2D eigenvalue weighted by Gasteiger charge is -2.09. The van der Waals surface area contributed by atoms with Crippen LogP contribution in [0.4, 0.5) is 5.82 Å². The Kier molecular flexibility index (Phi) is 3.56. The van der Waals surface area contributed by atoms with Crippen molar-refractivity contribution in [2.75, 3.05) is 5.32 Å². The zero-order chi connectivity index (χ0) is 17.6. The average molecular weight is 335 g/mol. The predicted molar refractivity (Wildman–Crippen MR) is 92.3 cm³/mol. The Morgan fingerprint density at radius 1 is 1.20 bits per heavy atom. The minimum absolute atomic E-state index is 0.0171. The Bertz CT molecular complexity index is 1000. The molecule has 0 saturated heterocycles. The molecule has 0 atom stereocenters. The maximum Gasteiger partial charge on any atom is 0.228 e. The fourth-order valence-corrected chi connectivity index (χ4v) is 2.70. The Morgan fingerprint density at radius 2 is 2.00 bits per heavy atom. The molecule has 3 aromatic rings. The van der Waals surface area contributed by atoms with Crippen molar-refractivity contribution in [2.24, 2.45) is 5.92 Å². The van der Waals surface area contributed by atoms with E-state index in [1.165, 1.54) is 6.92 Å². The number of Topliss-reactive ketones (excluding diaryl/α,β-unsaturated/α-hetero) is 1. The van der Waals surface area contributed by atoms with Crippen molar-refractivity contribution in [3.05, 3.63) is 41.7 Å². The minimum Gasteiger partial charge on any atom is -0.310 e. The quantitative estimate of drug-likeness (QED) is 0.740. The van der Waals surface area contributed by atoms with E-state index >= 15 is 0 Å². The van der Waals surface area contributed by atoms with Crippen LogP contribution in [0.25, 0.3) is 17.0 Å². The zero-order valence-corrected chi connectivity index (χ0v) is 14.0. The fourth-order valence-electron chi connectivity index (χ4n) is 2.70. The smallest absolute Gasteiger partial charge is 0.228 e. The van der Waals surface area contributed by atoms with Gasteiger partial charge in [-0.2, -0.15) is 4.52 Å². The summed E-state index contributed by atoms with van der Waals surface area (Å²) in [5.41, 5.74) is 1.93. The molecule has 25 heavy (non-hydrogen) atoms. The van der Waals surface area contributed by atoms with Crippen LogP contribution in [0.15, 0.2) is 30.3 Å². The number of carbonyl (C=O) groups is 2. The number of nitrogens with zero attached hydrogens (tertiary/aromatic N) is 4. The first-order valence-electron chi connectivity index (χ1n) is 8.18. The van der Waals surface area contributed by atoms with Crippen LogP contribution in [0, 0.1) is 12.8 Å². The van der Waals surface area contributed by atoms with Crippen LogP contribution >= 0.6 is 0 Å². The van der Waals surface area contributed by atoms with Crippen molar-refractivity contribution in [3.63, 3.8) is 0 Å². The first kappa shape index (κ1) is 15.4. The molecule has 1 N–H and O–H groups in total. The summed E-state index contributed by atoms with van der Waals surface area (Å²) in [6, 6.07) is 8.90. The number of rotatable bonds is 4. The second-order valence-electron chi connectivity index (χ2n) is 6.29. The molecule has 1 aliphatic rings. The summed E-state index contributed by atoms with van der Waals surface area (Å²) in [5, 5.41) is 7.23. The van der Waals surface area contributed by atoms with E-state index in [-0.39, 0.29) is 17.6 Å². The number of nitrogens with one attached hydrogen (secondary N) is 1. The van der Waals surface area contributed by atoms with Gasteiger partial charge in [-0.05, 0) is 32.8 Å². The third-order valence-electron chi connectivity index (χ3n) is 4.16. The van der Waals surface area contributed by atoms with E-state index in [0.29, 0.717) is 28.7 Å². The molecular weight excluding hydrogens is 318 g/mol. The number of amides is 1. The molecule has 0 spiro atoms. The summed E-state index contributed by atoms with van der Waals surface area (Å²) in [6.45, 7) is 3.32. The summed E-state index contributed by atoms with van der Waals surface area (Å²) in [7, 11) is 0. The van der Waals surface area contributed by atoms with Crippen LogP contribution in [-0.2, 0) is 4.79 Å². The highest BCUT2D eigenvalue weighted by Gasteiger charge is 2.30. The van der Waals surface area contributed by atoms with E-state index < -0.39 is 0 Å². The van der Waals surface area contributed by atoms with Crippen LogP contribution in [0.3, 0.4) is 0 Å². The summed E-state index contributed by atoms with van der Waals surface area (Å²) in [4.78, 5) is 32.7. The van der Waals surface area contributed by atoms with E-state index in [1.54, 1.807) is 35.7 Å². The van der Waals surface area contributed by atoms with Crippen molar-refractivity contribution in [1.29, 1.82) is 0 Å². The van der Waals surface area contributed by atoms with Gasteiger partial charge in [0.1, 0.15) is 11.6 Å². The number of anilines is 1. The van der Waals surface area contributed by atoms with Crippen LogP contribution in [-0.4, -0.2) is 31.3 Å². The normalized spacial score (nSPS) is 13.8. The SMILES string of the molecule is CC(=O)c1cccc(-c2nc(NC(=O)C3CC3)cc3nc(C)nn23)c1. The standard InChI is InChI=1S/C18H17N5O2/c1-10(24)13-4-3-5-14(8-13)17-20-15(21-18(25)12-6-7-12)9-16-19-11(2)22-23(16)17/h3-5,8-9,12H,6-7H2,1-2H3,(H,21,25). The van der Waals surface area contributed by atoms with Gasteiger partial charge >= 0.3 is 0 Å². The highest BCUT2D eigenvalue weighted by Crippen LogP contribution is 2.30. The third-order valence-corrected chi connectivity index (χ3v) is 4.16. The van der Waals surface area contributed by atoms with Gasteiger partial charge in [-0.25, -0.2) is 9.97 Å². The molecule has 2 heterocycles. The predicted octanol–water partition coefficient (Wildman–Crippen LogP) is 2.65. The molecule has 7 heteroatoms. The van der Waals surface area contributed by atoms with Gasteiger partial charge in [0.15, 0.2) is 17.3 Å². The minimum atomic E-state index is -0.0222. The number of carbonyl (C=O) groups excluding carboxylic acids is 2. The monoisotopic (exact) mass is 335 g/mol. The molecule has 2 aromatic heterocycles. The van der Waals surface area contributed by atoms with Crippen molar-refractivity contribution in [1.82, 2.24) is 19.6 Å². The highest BCUT2D eigenvalue weighted by molar-refractivity contribution is 5.95. The summed E-state index contributed by atoms with van der Waals surface area (Å²) < 4.78 is 1.63. The molecule has 1 aliphatic carbocycles.